The van der Waals surface area contributed by atoms with Gasteiger partial charge in [0.15, 0.2) is 5.17 Å². The van der Waals surface area contributed by atoms with Gasteiger partial charge >= 0.3 is 0 Å². The second-order valence-corrected chi connectivity index (χ2v) is 9.28. The molecule has 1 unspecified atom stereocenters. The van der Waals surface area contributed by atoms with Crippen LogP contribution < -0.4 is 10.1 Å². The molecule has 1 atom stereocenters. The van der Waals surface area contributed by atoms with Crippen molar-refractivity contribution in [2.24, 2.45) is 4.99 Å². The highest BCUT2D eigenvalue weighted by Gasteiger charge is 2.39. The number of para-hydroxylation sites is 2. The Morgan fingerprint density at radius 2 is 1.80 bits per heavy atom. The van der Waals surface area contributed by atoms with Crippen LogP contribution in [-0.4, -0.2) is 40.8 Å². The molecule has 8 heteroatoms. The van der Waals surface area contributed by atoms with Crippen LogP contribution in [0, 0.1) is 12.7 Å². The van der Waals surface area contributed by atoms with Crippen LogP contribution in [-0.2, 0) is 16.0 Å². The van der Waals surface area contributed by atoms with Crippen LogP contribution in [0.25, 0.3) is 0 Å². The standard InChI is InChI=1S/C27H26FN3O3S/c1-18-7-3-5-9-22(18)30-27-31(16-15-19-11-13-20(34-2)14-12-19)26(33)24(35-27)17-25(32)29-23-10-6-4-8-21(23)28/h3-14,24H,15-17H2,1-2H3,(H,29,32). The number of benzene rings is 3. The first kappa shape index (κ1) is 24.5. The summed E-state index contributed by atoms with van der Waals surface area (Å²) in [5, 5.41) is 2.48. The van der Waals surface area contributed by atoms with Crippen molar-refractivity contribution < 1.29 is 18.7 Å². The van der Waals surface area contributed by atoms with Crippen LogP contribution in [0.3, 0.4) is 0 Å². The van der Waals surface area contributed by atoms with E-state index in [0.29, 0.717) is 18.1 Å². The Bertz CT molecular complexity index is 1250. The summed E-state index contributed by atoms with van der Waals surface area (Å²) in [6, 6.07) is 21.3. The normalized spacial score (nSPS) is 16.5. The monoisotopic (exact) mass is 491 g/mol. The molecule has 1 saturated heterocycles. The molecule has 0 aliphatic carbocycles. The van der Waals surface area contributed by atoms with Crippen LogP contribution in [0.1, 0.15) is 17.5 Å². The molecule has 3 aromatic rings. The van der Waals surface area contributed by atoms with E-state index in [9.17, 15) is 14.0 Å². The quantitative estimate of drug-likeness (QED) is 0.461. The van der Waals surface area contributed by atoms with Gasteiger partial charge in [0.1, 0.15) is 16.8 Å². The van der Waals surface area contributed by atoms with E-state index >= 15 is 0 Å². The Morgan fingerprint density at radius 3 is 2.51 bits per heavy atom. The Labute approximate surface area is 208 Å². The van der Waals surface area contributed by atoms with Crippen molar-refractivity contribution in [2.75, 3.05) is 19.0 Å². The van der Waals surface area contributed by atoms with Crippen molar-refractivity contribution in [1.29, 1.82) is 0 Å². The van der Waals surface area contributed by atoms with E-state index in [-0.39, 0.29) is 18.0 Å². The zero-order valence-electron chi connectivity index (χ0n) is 19.5. The lowest BCUT2D eigenvalue weighted by atomic mass is 10.1. The number of hydrogen-bond acceptors (Lipinski definition) is 5. The summed E-state index contributed by atoms with van der Waals surface area (Å²) in [5.74, 6) is -0.355. The maximum atomic E-state index is 13.9. The number of amidine groups is 1. The fourth-order valence-electron chi connectivity index (χ4n) is 3.69. The molecule has 2 amide bonds. The molecule has 0 saturated carbocycles. The Morgan fingerprint density at radius 1 is 1.09 bits per heavy atom. The third kappa shape index (κ3) is 6.08. The van der Waals surface area contributed by atoms with Crippen molar-refractivity contribution in [3.05, 3.63) is 89.7 Å². The Hall–Kier alpha value is -3.65. The summed E-state index contributed by atoms with van der Waals surface area (Å²) in [6.45, 7) is 2.39. The summed E-state index contributed by atoms with van der Waals surface area (Å²) in [7, 11) is 1.62. The van der Waals surface area contributed by atoms with Crippen LogP contribution in [0.4, 0.5) is 15.8 Å². The first-order chi connectivity index (χ1) is 16.9. The highest BCUT2D eigenvalue weighted by molar-refractivity contribution is 8.15. The zero-order chi connectivity index (χ0) is 24.8. The maximum absolute atomic E-state index is 13.9. The van der Waals surface area contributed by atoms with Gasteiger partial charge < -0.3 is 10.1 Å². The largest absolute Gasteiger partial charge is 0.497 e. The molecule has 0 aromatic heterocycles. The van der Waals surface area contributed by atoms with Gasteiger partial charge in [-0.15, -0.1) is 0 Å². The van der Waals surface area contributed by atoms with Gasteiger partial charge in [0.2, 0.25) is 11.8 Å². The number of carbonyl (C=O) groups excluding carboxylic acids is 2. The lowest BCUT2D eigenvalue weighted by Gasteiger charge is -2.17. The summed E-state index contributed by atoms with van der Waals surface area (Å²) in [4.78, 5) is 32.3. The number of nitrogens with zero attached hydrogens (tertiary/aromatic N) is 2. The molecule has 0 bridgehead atoms. The lowest BCUT2D eigenvalue weighted by Crippen LogP contribution is -2.35. The fraction of sp³-hybridized carbons (Fsp3) is 0.222. The molecular formula is C27H26FN3O3S. The molecule has 1 aliphatic heterocycles. The molecular weight excluding hydrogens is 465 g/mol. The van der Waals surface area contributed by atoms with Gasteiger partial charge in [-0.25, -0.2) is 9.38 Å². The van der Waals surface area contributed by atoms with Crippen molar-refractivity contribution >= 4 is 40.1 Å². The second kappa shape index (κ2) is 11.2. The van der Waals surface area contributed by atoms with Gasteiger partial charge in [0, 0.05) is 13.0 Å². The minimum Gasteiger partial charge on any atom is -0.497 e. The van der Waals surface area contributed by atoms with E-state index in [1.165, 1.54) is 23.9 Å². The molecule has 35 heavy (non-hydrogen) atoms. The number of anilines is 1. The van der Waals surface area contributed by atoms with Crippen LogP contribution in [0.2, 0.25) is 0 Å². The summed E-state index contributed by atoms with van der Waals surface area (Å²) in [6.07, 6.45) is 0.543. The smallest absolute Gasteiger partial charge is 0.242 e. The molecule has 1 fully saturated rings. The van der Waals surface area contributed by atoms with Crippen molar-refractivity contribution in [3.8, 4) is 5.75 Å². The second-order valence-electron chi connectivity index (χ2n) is 8.11. The molecule has 180 valence electrons. The van der Waals surface area contributed by atoms with E-state index in [0.717, 1.165) is 22.6 Å². The SMILES string of the molecule is COc1ccc(CCN2C(=O)C(CC(=O)Nc3ccccc3F)SC2=Nc2ccccc2C)cc1. The molecule has 0 radical (unpaired) electrons. The number of ether oxygens (including phenoxy) is 1. The summed E-state index contributed by atoms with van der Waals surface area (Å²) < 4.78 is 19.1. The Balaban J connectivity index is 1.52. The summed E-state index contributed by atoms with van der Waals surface area (Å²) in [5.41, 5.74) is 2.91. The highest BCUT2D eigenvalue weighted by Crippen LogP contribution is 2.33. The van der Waals surface area contributed by atoms with Crippen molar-refractivity contribution in [3.63, 3.8) is 0 Å². The number of carbonyl (C=O) groups is 2. The lowest BCUT2D eigenvalue weighted by molar-refractivity contribution is -0.128. The average Bonchev–Trinajstić information content (AvgIpc) is 3.14. The molecule has 1 aliphatic rings. The number of amides is 2. The first-order valence-corrected chi connectivity index (χ1v) is 12.1. The minimum absolute atomic E-state index is 0.0797. The predicted octanol–water partition coefficient (Wildman–Crippen LogP) is 5.35. The average molecular weight is 492 g/mol. The van der Waals surface area contributed by atoms with E-state index in [4.69, 9.17) is 9.73 Å². The number of aliphatic imine (C=N–C) groups is 1. The number of nitrogens with one attached hydrogen (secondary N) is 1. The number of aryl methyl sites for hydroxylation is 1. The topological polar surface area (TPSA) is 71.0 Å². The molecule has 4 rings (SSSR count). The van der Waals surface area contributed by atoms with Gasteiger partial charge in [-0.3, -0.25) is 14.5 Å². The Kier molecular flexibility index (Phi) is 7.82. The van der Waals surface area contributed by atoms with E-state index < -0.39 is 17.0 Å². The minimum atomic E-state index is -0.639. The van der Waals surface area contributed by atoms with Gasteiger partial charge in [-0.2, -0.15) is 0 Å². The maximum Gasteiger partial charge on any atom is 0.242 e. The zero-order valence-corrected chi connectivity index (χ0v) is 20.3. The highest BCUT2D eigenvalue weighted by atomic mass is 32.2. The number of rotatable bonds is 8. The van der Waals surface area contributed by atoms with E-state index in [1.54, 1.807) is 24.1 Å². The number of hydrogen-bond donors (Lipinski definition) is 1. The van der Waals surface area contributed by atoms with Gasteiger partial charge in [0.25, 0.3) is 0 Å². The van der Waals surface area contributed by atoms with Crippen molar-refractivity contribution in [1.82, 2.24) is 4.90 Å². The third-order valence-corrected chi connectivity index (χ3v) is 6.83. The third-order valence-electron chi connectivity index (χ3n) is 5.65. The fourth-order valence-corrected chi connectivity index (χ4v) is 4.86. The molecule has 6 nitrogen and oxygen atoms in total. The number of thioether (sulfide) groups is 1. The van der Waals surface area contributed by atoms with Crippen LogP contribution in [0.5, 0.6) is 5.75 Å². The summed E-state index contributed by atoms with van der Waals surface area (Å²) >= 11 is 1.27. The van der Waals surface area contributed by atoms with E-state index in [2.05, 4.69) is 5.32 Å². The van der Waals surface area contributed by atoms with Crippen molar-refractivity contribution in [2.45, 2.75) is 25.0 Å². The van der Waals surface area contributed by atoms with Crippen LogP contribution in [0.15, 0.2) is 77.8 Å². The van der Waals surface area contributed by atoms with E-state index in [1.807, 2.05) is 55.5 Å². The first-order valence-electron chi connectivity index (χ1n) is 11.2. The van der Waals surface area contributed by atoms with Gasteiger partial charge in [-0.05, 0) is 54.8 Å². The predicted molar refractivity (Wildman–Crippen MR) is 138 cm³/mol. The number of methoxy groups -OCH3 is 1. The van der Waals surface area contributed by atoms with Gasteiger partial charge in [0.05, 0.1) is 18.5 Å². The van der Waals surface area contributed by atoms with Crippen LogP contribution >= 0.6 is 11.8 Å². The number of halogens is 1. The molecule has 0 spiro atoms. The molecule has 1 heterocycles. The molecule has 1 N–H and O–H groups in total. The van der Waals surface area contributed by atoms with Gasteiger partial charge in [-0.1, -0.05) is 54.2 Å². The molecule has 3 aromatic carbocycles.